The Morgan fingerprint density at radius 1 is 0.955 bits per heavy atom. The van der Waals surface area contributed by atoms with Crippen LogP contribution in [0.1, 0.15) is 5.56 Å². The summed E-state index contributed by atoms with van der Waals surface area (Å²) in [4.78, 5) is 3.16. The van der Waals surface area contributed by atoms with Gasteiger partial charge in [0.05, 0.1) is 23.3 Å². The zero-order valence-electron chi connectivity index (χ0n) is 12.1. The Hall–Kier alpha value is -3.08. The highest BCUT2D eigenvalue weighted by Gasteiger charge is 2.13. The van der Waals surface area contributed by atoms with Crippen molar-refractivity contribution in [3.63, 3.8) is 0 Å². The number of hydrogen-bond donors (Lipinski definition) is 3. The molecular weight excluding hydrogens is 274 g/mol. The fourth-order valence-electron chi connectivity index (χ4n) is 2.52. The molecule has 1 aromatic carbocycles. The Labute approximate surface area is 127 Å². The zero-order valence-corrected chi connectivity index (χ0v) is 12.1. The normalized spacial score (nSPS) is 11.0. The maximum Gasteiger partial charge on any atom is 0.109 e. The summed E-state index contributed by atoms with van der Waals surface area (Å²) in [6, 6.07) is 14.4. The van der Waals surface area contributed by atoms with Crippen molar-refractivity contribution >= 4 is 0 Å². The smallest absolute Gasteiger partial charge is 0.109 e. The number of aromatic amines is 3. The van der Waals surface area contributed by atoms with Crippen molar-refractivity contribution in [1.29, 1.82) is 0 Å². The molecule has 0 spiro atoms. The Morgan fingerprint density at radius 3 is 2.59 bits per heavy atom. The number of nitrogens with one attached hydrogen (secondary N) is 3. The van der Waals surface area contributed by atoms with E-state index in [-0.39, 0.29) is 0 Å². The second-order valence-corrected chi connectivity index (χ2v) is 5.28. The second kappa shape index (κ2) is 5.04. The number of aryl methyl sites for hydroxylation is 1. The van der Waals surface area contributed by atoms with Gasteiger partial charge in [0.15, 0.2) is 0 Å². The number of hydrogen-bond acceptors (Lipinski definition) is 2. The molecule has 0 unspecified atom stereocenters. The number of benzene rings is 1. The van der Waals surface area contributed by atoms with E-state index in [1.54, 1.807) is 0 Å². The van der Waals surface area contributed by atoms with Gasteiger partial charge in [-0.1, -0.05) is 29.8 Å². The average molecular weight is 289 g/mol. The summed E-state index contributed by atoms with van der Waals surface area (Å²) >= 11 is 0. The fourth-order valence-corrected chi connectivity index (χ4v) is 2.52. The van der Waals surface area contributed by atoms with Crippen LogP contribution in [0.5, 0.6) is 0 Å². The van der Waals surface area contributed by atoms with Crippen LogP contribution in [0.4, 0.5) is 0 Å². The summed E-state index contributed by atoms with van der Waals surface area (Å²) in [5.74, 6) is 0. The molecule has 108 valence electrons. The third-order valence-corrected chi connectivity index (χ3v) is 3.72. The molecule has 4 aromatic rings. The van der Waals surface area contributed by atoms with E-state index in [1.807, 2.05) is 30.6 Å². The highest BCUT2D eigenvalue weighted by Crippen LogP contribution is 2.30. The van der Waals surface area contributed by atoms with Crippen LogP contribution in [0.15, 0.2) is 54.9 Å². The van der Waals surface area contributed by atoms with Gasteiger partial charge in [-0.25, -0.2) is 0 Å². The van der Waals surface area contributed by atoms with Crippen molar-refractivity contribution in [2.24, 2.45) is 0 Å². The third kappa shape index (κ3) is 2.13. The lowest BCUT2D eigenvalue weighted by Crippen LogP contribution is -1.83. The van der Waals surface area contributed by atoms with E-state index >= 15 is 0 Å². The Bertz CT molecular complexity index is 881. The Kier molecular flexibility index (Phi) is 2.89. The second-order valence-electron chi connectivity index (χ2n) is 5.28. The molecule has 0 saturated carbocycles. The number of aromatic nitrogens is 5. The van der Waals surface area contributed by atoms with Gasteiger partial charge in [0, 0.05) is 11.8 Å². The van der Waals surface area contributed by atoms with Crippen molar-refractivity contribution in [3.05, 3.63) is 60.4 Å². The van der Waals surface area contributed by atoms with Crippen LogP contribution < -0.4 is 0 Å². The molecule has 0 aliphatic heterocycles. The zero-order chi connectivity index (χ0) is 14.9. The third-order valence-electron chi connectivity index (χ3n) is 3.72. The van der Waals surface area contributed by atoms with Crippen molar-refractivity contribution in [1.82, 2.24) is 25.4 Å². The first-order valence-electron chi connectivity index (χ1n) is 7.11. The largest absolute Gasteiger partial charge is 0.360 e. The summed E-state index contributed by atoms with van der Waals surface area (Å²) in [5.41, 5.74) is 7.15. The fraction of sp³-hybridized carbons (Fsp3) is 0.0588. The van der Waals surface area contributed by atoms with Crippen LogP contribution in [-0.4, -0.2) is 25.4 Å². The molecule has 3 aromatic heterocycles. The Morgan fingerprint density at radius 2 is 1.82 bits per heavy atom. The molecule has 0 radical (unpaired) electrons. The first-order chi connectivity index (χ1) is 10.8. The predicted molar refractivity (Wildman–Crippen MR) is 86.1 cm³/mol. The Balaban J connectivity index is 1.75. The van der Waals surface area contributed by atoms with Gasteiger partial charge in [0.1, 0.15) is 5.69 Å². The van der Waals surface area contributed by atoms with Crippen molar-refractivity contribution in [2.45, 2.75) is 6.92 Å². The molecule has 0 aliphatic carbocycles. The maximum atomic E-state index is 4.36. The SMILES string of the molecule is Cc1ccc(-c2cn[nH]c2-c2cc(-c3ccc[nH]3)n[nH]2)cc1. The van der Waals surface area contributed by atoms with Gasteiger partial charge in [-0.05, 0) is 30.7 Å². The molecule has 0 atom stereocenters. The average Bonchev–Trinajstić information content (AvgIpc) is 3.27. The molecule has 0 aliphatic rings. The van der Waals surface area contributed by atoms with Gasteiger partial charge in [-0.15, -0.1) is 0 Å². The monoisotopic (exact) mass is 289 g/mol. The molecule has 5 heteroatoms. The minimum Gasteiger partial charge on any atom is -0.360 e. The van der Waals surface area contributed by atoms with E-state index in [0.717, 1.165) is 33.9 Å². The summed E-state index contributed by atoms with van der Waals surface area (Å²) < 4.78 is 0. The topological polar surface area (TPSA) is 73.2 Å². The minimum absolute atomic E-state index is 0.879. The van der Waals surface area contributed by atoms with Crippen LogP contribution >= 0.6 is 0 Å². The number of rotatable bonds is 3. The van der Waals surface area contributed by atoms with Gasteiger partial charge in [0.2, 0.25) is 0 Å². The summed E-state index contributed by atoms with van der Waals surface area (Å²) in [7, 11) is 0. The van der Waals surface area contributed by atoms with Crippen LogP contribution in [0.3, 0.4) is 0 Å². The number of nitrogens with zero attached hydrogens (tertiary/aromatic N) is 2. The highest BCUT2D eigenvalue weighted by molar-refractivity contribution is 5.80. The maximum absolute atomic E-state index is 4.36. The van der Waals surface area contributed by atoms with Crippen LogP contribution in [0, 0.1) is 6.92 Å². The van der Waals surface area contributed by atoms with Crippen LogP contribution in [-0.2, 0) is 0 Å². The van der Waals surface area contributed by atoms with Gasteiger partial charge in [-0.2, -0.15) is 10.2 Å². The predicted octanol–water partition coefficient (Wildman–Crippen LogP) is 3.77. The van der Waals surface area contributed by atoms with Crippen LogP contribution in [0.25, 0.3) is 33.9 Å². The first-order valence-corrected chi connectivity index (χ1v) is 7.11. The van der Waals surface area contributed by atoms with Gasteiger partial charge >= 0.3 is 0 Å². The standard InChI is InChI=1S/C17H15N5/c1-11-4-6-12(7-5-11)13-10-19-22-17(13)16-9-15(20-21-16)14-3-2-8-18-14/h2-10,18H,1H3,(H,19,22)(H,20,21). The molecule has 3 N–H and O–H groups in total. The molecule has 3 heterocycles. The summed E-state index contributed by atoms with van der Waals surface area (Å²) in [5, 5.41) is 14.7. The highest BCUT2D eigenvalue weighted by atomic mass is 15.2. The quantitative estimate of drug-likeness (QED) is 0.537. The summed E-state index contributed by atoms with van der Waals surface area (Å²) in [6.07, 6.45) is 3.73. The van der Waals surface area contributed by atoms with E-state index in [0.29, 0.717) is 0 Å². The van der Waals surface area contributed by atoms with E-state index in [2.05, 4.69) is 56.6 Å². The van der Waals surface area contributed by atoms with Gasteiger partial charge < -0.3 is 4.98 Å². The first kappa shape index (κ1) is 12.6. The molecule has 22 heavy (non-hydrogen) atoms. The van der Waals surface area contributed by atoms with Crippen molar-refractivity contribution in [2.75, 3.05) is 0 Å². The molecular formula is C17H15N5. The van der Waals surface area contributed by atoms with Gasteiger partial charge in [0.25, 0.3) is 0 Å². The molecule has 0 bridgehead atoms. The van der Waals surface area contributed by atoms with Crippen molar-refractivity contribution < 1.29 is 0 Å². The van der Waals surface area contributed by atoms with Crippen molar-refractivity contribution in [3.8, 4) is 33.9 Å². The lowest BCUT2D eigenvalue weighted by atomic mass is 10.0. The summed E-state index contributed by atoms with van der Waals surface area (Å²) in [6.45, 7) is 2.08. The van der Waals surface area contributed by atoms with Gasteiger partial charge in [-0.3, -0.25) is 10.2 Å². The van der Waals surface area contributed by atoms with Crippen LogP contribution in [0.2, 0.25) is 0 Å². The lowest BCUT2D eigenvalue weighted by molar-refractivity contribution is 1.06. The van der Waals surface area contributed by atoms with E-state index in [4.69, 9.17) is 0 Å². The molecule has 4 rings (SSSR count). The number of H-pyrrole nitrogens is 3. The molecule has 0 fully saturated rings. The molecule has 0 saturated heterocycles. The lowest BCUT2D eigenvalue weighted by Gasteiger charge is -2.01. The van der Waals surface area contributed by atoms with E-state index in [1.165, 1.54) is 5.56 Å². The molecule has 0 amide bonds. The minimum atomic E-state index is 0.879. The van der Waals surface area contributed by atoms with E-state index < -0.39 is 0 Å². The van der Waals surface area contributed by atoms with E-state index in [9.17, 15) is 0 Å². The molecule has 5 nitrogen and oxygen atoms in total.